The number of nitrogens with zero attached hydrogens (tertiary/aromatic N) is 3. The van der Waals surface area contributed by atoms with E-state index in [9.17, 15) is 9.59 Å². The number of anilines is 1. The van der Waals surface area contributed by atoms with Crippen molar-refractivity contribution in [1.82, 2.24) is 30.9 Å². The summed E-state index contributed by atoms with van der Waals surface area (Å²) in [6, 6.07) is 12.5. The van der Waals surface area contributed by atoms with Gasteiger partial charge in [0, 0.05) is 67.1 Å². The number of aliphatic hydroxyl groups is 1. The molecular formula is C33H35Cl2N7O5. The minimum Gasteiger partial charge on any atom is -0.495 e. The second-order valence-electron chi connectivity index (χ2n) is 10.7. The molecule has 0 aliphatic carbocycles. The average molecular weight is 681 g/mol. The van der Waals surface area contributed by atoms with Gasteiger partial charge in [-0.15, -0.1) is 0 Å². The van der Waals surface area contributed by atoms with Gasteiger partial charge in [-0.25, -0.2) is 9.97 Å². The van der Waals surface area contributed by atoms with Crippen LogP contribution in [0.1, 0.15) is 34.5 Å². The Labute approximate surface area is 282 Å². The fourth-order valence-corrected chi connectivity index (χ4v) is 5.78. The van der Waals surface area contributed by atoms with Crippen molar-refractivity contribution in [3.05, 3.63) is 81.7 Å². The summed E-state index contributed by atoms with van der Waals surface area (Å²) in [5.41, 5.74) is 4.21. The topological polar surface area (TPSA) is 160 Å². The molecule has 2 amide bonds. The maximum Gasteiger partial charge on any atom is 0.274 e. The van der Waals surface area contributed by atoms with Crippen LogP contribution in [-0.4, -0.2) is 71.8 Å². The first-order valence-electron chi connectivity index (χ1n) is 15.0. The number of hydrogen-bond donors (Lipinski definition) is 5. The summed E-state index contributed by atoms with van der Waals surface area (Å²) in [4.78, 5) is 38.1. The zero-order valence-corrected chi connectivity index (χ0v) is 27.4. The second kappa shape index (κ2) is 16.0. The van der Waals surface area contributed by atoms with Gasteiger partial charge in [-0.3, -0.25) is 14.6 Å². The molecule has 5 rings (SSSR count). The van der Waals surface area contributed by atoms with E-state index >= 15 is 0 Å². The fourth-order valence-electron chi connectivity index (χ4n) is 5.20. The molecule has 246 valence electrons. The van der Waals surface area contributed by atoms with Crippen LogP contribution in [0, 0.1) is 0 Å². The van der Waals surface area contributed by atoms with Gasteiger partial charge in [-0.05, 0) is 30.7 Å². The predicted octanol–water partition coefficient (Wildman–Crippen LogP) is 4.23. The Morgan fingerprint density at radius 3 is 2.60 bits per heavy atom. The predicted molar refractivity (Wildman–Crippen MR) is 180 cm³/mol. The van der Waals surface area contributed by atoms with Crippen LogP contribution in [0.15, 0.2) is 54.9 Å². The maximum atomic E-state index is 13.2. The maximum absolute atomic E-state index is 13.2. The number of halogens is 2. The Morgan fingerprint density at radius 2 is 1.85 bits per heavy atom. The summed E-state index contributed by atoms with van der Waals surface area (Å²) in [5, 5.41) is 21.9. The standard InChI is InChI=1S/C33H35Cl2N7O5/c1-46-27-18-39-26(14-20(27)16-36-12-13-43)32(45)41-25-5-3-4-23(29(25)34)31-30(35)22(10-11-38-31)24-8-6-19(33(42-24)47-2)15-37-17-21-7-9-28(44)40-21/h3-6,8,10-11,14,18,21,36-37,43H,7,9,12-13,15-17H2,1-2H3,(H,40,44)(H,41,45)/t21-/m1/s1. The lowest BCUT2D eigenvalue weighted by molar-refractivity contribution is -0.119. The van der Waals surface area contributed by atoms with Crippen LogP contribution in [0.5, 0.6) is 11.6 Å². The first-order valence-corrected chi connectivity index (χ1v) is 15.7. The van der Waals surface area contributed by atoms with E-state index in [2.05, 4.69) is 31.2 Å². The zero-order valence-electron chi connectivity index (χ0n) is 25.9. The van der Waals surface area contributed by atoms with E-state index in [0.717, 1.165) is 12.0 Å². The molecule has 0 unspecified atom stereocenters. The smallest absolute Gasteiger partial charge is 0.274 e. The molecule has 0 radical (unpaired) electrons. The van der Waals surface area contributed by atoms with E-state index in [4.69, 9.17) is 42.8 Å². The average Bonchev–Trinajstić information content (AvgIpc) is 3.50. The molecule has 0 spiro atoms. The normalized spacial score (nSPS) is 14.1. The van der Waals surface area contributed by atoms with Crippen molar-refractivity contribution >= 4 is 40.7 Å². The third-order valence-corrected chi connectivity index (χ3v) is 8.39. The number of carbonyl (C=O) groups is 2. The van der Waals surface area contributed by atoms with Gasteiger partial charge in [0.1, 0.15) is 11.4 Å². The van der Waals surface area contributed by atoms with E-state index in [1.54, 1.807) is 43.6 Å². The molecule has 3 aromatic heterocycles. The highest BCUT2D eigenvalue weighted by Crippen LogP contribution is 2.40. The minimum absolute atomic E-state index is 0.0177. The summed E-state index contributed by atoms with van der Waals surface area (Å²) in [5.74, 6) is 0.571. The molecule has 47 heavy (non-hydrogen) atoms. The SMILES string of the molecule is COc1cnc(C(=O)Nc2cccc(-c3nccc(-c4ccc(CNC[C@H]5CCC(=O)N5)c(OC)n4)c3Cl)c2Cl)cc1CNCCO. The number of nitrogens with one attached hydrogen (secondary N) is 4. The number of amides is 2. The molecule has 4 heterocycles. The van der Waals surface area contributed by atoms with Gasteiger partial charge in [0.05, 0.1) is 54.1 Å². The molecule has 1 atom stereocenters. The van der Waals surface area contributed by atoms with Gasteiger partial charge in [0.25, 0.3) is 5.91 Å². The lowest BCUT2D eigenvalue weighted by atomic mass is 10.1. The number of rotatable bonds is 14. The van der Waals surface area contributed by atoms with E-state index < -0.39 is 5.91 Å². The minimum atomic E-state index is -0.471. The van der Waals surface area contributed by atoms with Crippen molar-refractivity contribution in [1.29, 1.82) is 0 Å². The van der Waals surface area contributed by atoms with Crippen molar-refractivity contribution in [3.63, 3.8) is 0 Å². The van der Waals surface area contributed by atoms with E-state index in [0.29, 0.717) is 83.0 Å². The number of carbonyl (C=O) groups excluding carboxylic acids is 2. The fraction of sp³-hybridized carbons (Fsp3) is 0.303. The molecule has 0 bridgehead atoms. The second-order valence-corrected chi connectivity index (χ2v) is 11.5. The monoisotopic (exact) mass is 679 g/mol. The van der Waals surface area contributed by atoms with Gasteiger partial charge < -0.3 is 35.8 Å². The first kappa shape index (κ1) is 34.0. The number of aromatic nitrogens is 3. The van der Waals surface area contributed by atoms with Crippen LogP contribution in [-0.2, 0) is 17.9 Å². The molecule has 14 heteroatoms. The molecule has 12 nitrogen and oxygen atoms in total. The Morgan fingerprint density at radius 1 is 1.02 bits per heavy atom. The van der Waals surface area contributed by atoms with Crippen molar-refractivity contribution in [2.75, 3.05) is 39.2 Å². The van der Waals surface area contributed by atoms with Crippen molar-refractivity contribution in [2.45, 2.75) is 32.0 Å². The van der Waals surface area contributed by atoms with Crippen molar-refractivity contribution < 1.29 is 24.2 Å². The first-order chi connectivity index (χ1) is 22.8. The quantitative estimate of drug-likeness (QED) is 0.122. The lowest BCUT2D eigenvalue weighted by Crippen LogP contribution is -2.35. The number of aliphatic hydroxyl groups excluding tert-OH is 1. The molecule has 5 N–H and O–H groups in total. The highest BCUT2D eigenvalue weighted by molar-refractivity contribution is 6.39. The van der Waals surface area contributed by atoms with Crippen LogP contribution in [0.3, 0.4) is 0 Å². The van der Waals surface area contributed by atoms with E-state index in [1.165, 1.54) is 13.3 Å². The molecule has 1 aliphatic rings. The van der Waals surface area contributed by atoms with Gasteiger partial charge in [-0.1, -0.05) is 41.4 Å². The van der Waals surface area contributed by atoms with Crippen LogP contribution in [0.2, 0.25) is 10.0 Å². The molecule has 1 aliphatic heterocycles. The van der Waals surface area contributed by atoms with Gasteiger partial charge in [-0.2, -0.15) is 0 Å². The summed E-state index contributed by atoms with van der Waals surface area (Å²) in [7, 11) is 3.08. The Hall–Kier alpha value is -4.33. The lowest BCUT2D eigenvalue weighted by Gasteiger charge is -2.15. The largest absolute Gasteiger partial charge is 0.495 e. The third kappa shape index (κ3) is 8.16. The summed E-state index contributed by atoms with van der Waals surface area (Å²) in [6.07, 6.45) is 4.46. The molecule has 1 fully saturated rings. The molecule has 1 saturated heterocycles. The van der Waals surface area contributed by atoms with E-state index in [-0.39, 0.29) is 29.3 Å². The molecule has 0 saturated carbocycles. The number of pyridine rings is 3. The summed E-state index contributed by atoms with van der Waals surface area (Å²) < 4.78 is 10.9. The number of ether oxygens (including phenoxy) is 2. The summed E-state index contributed by atoms with van der Waals surface area (Å²) >= 11 is 13.8. The number of methoxy groups -OCH3 is 2. The Kier molecular flexibility index (Phi) is 11.6. The molecule has 4 aromatic rings. The van der Waals surface area contributed by atoms with Crippen LogP contribution >= 0.6 is 23.2 Å². The van der Waals surface area contributed by atoms with Gasteiger partial charge in [0.2, 0.25) is 11.8 Å². The highest BCUT2D eigenvalue weighted by Gasteiger charge is 2.21. The Bertz CT molecular complexity index is 1760. The number of benzene rings is 1. The van der Waals surface area contributed by atoms with Gasteiger partial charge in [0.15, 0.2) is 0 Å². The van der Waals surface area contributed by atoms with Crippen molar-refractivity contribution in [3.8, 4) is 34.1 Å². The zero-order chi connectivity index (χ0) is 33.3. The van der Waals surface area contributed by atoms with Gasteiger partial charge >= 0.3 is 0 Å². The highest BCUT2D eigenvalue weighted by atomic mass is 35.5. The van der Waals surface area contributed by atoms with E-state index in [1.807, 2.05) is 12.1 Å². The third-order valence-electron chi connectivity index (χ3n) is 7.60. The van der Waals surface area contributed by atoms with Crippen molar-refractivity contribution in [2.24, 2.45) is 0 Å². The number of hydrogen-bond acceptors (Lipinski definition) is 10. The summed E-state index contributed by atoms with van der Waals surface area (Å²) in [6.45, 7) is 1.92. The van der Waals surface area contributed by atoms with Crippen LogP contribution in [0.25, 0.3) is 22.5 Å². The van der Waals surface area contributed by atoms with Crippen LogP contribution < -0.4 is 30.7 Å². The Balaban J connectivity index is 1.35. The molecular weight excluding hydrogens is 645 g/mol. The van der Waals surface area contributed by atoms with Crippen LogP contribution in [0.4, 0.5) is 5.69 Å². The molecule has 1 aromatic carbocycles.